The number of carbonyl (C=O) groups is 2. The van der Waals surface area contributed by atoms with Gasteiger partial charge >= 0.3 is 0 Å². The van der Waals surface area contributed by atoms with Crippen LogP contribution in [0.5, 0.6) is 0 Å². The first-order valence-electron chi connectivity index (χ1n) is 7.15. The summed E-state index contributed by atoms with van der Waals surface area (Å²) in [7, 11) is 0. The maximum Gasteiger partial charge on any atom is 0.263 e. The van der Waals surface area contributed by atoms with Crippen molar-refractivity contribution in [1.82, 2.24) is 0 Å². The molecule has 24 heavy (non-hydrogen) atoms. The Kier molecular flexibility index (Phi) is 3.12. The Bertz CT molecular complexity index is 869. The van der Waals surface area contributed by atoms with Gasteiger partial charge in [-0.25, -0.2) is 18.7 Å². The van der Waals surface area contributed by atoms with E-state index < -0.39 is 35.5 Å². The van der Waals surface area contributed by atoms with Crippen LogP contribution >= 0.6 is 0 Å². The Morgan fingerprint density at radius 2 is 1.62 bits per heavy atom. The smallest absolute Gasteiger partial charge is 0.263 e. The van der Waals surface area contributed by atoms with Crippen molar-refractivity contribution in [2.75, 3.05) is 9.91 Å². The van der Waals surface area contributed by atoms with E-state index in [9.17, 15) is 18.4 Å². The van der Waals surface area contributed by atoms with Crippen LogP contribution in [0.2, 0.25) is 0 Å². The third-order valence-corrected chi connectivity index (χ3v) is 3.94. The van der Waals surface area contributed by atoms with Gasteiger partial charge < -0.3 is 0 Å². The standard InChI is InChI=1S/C16H10F2N4O2/c17-9-4-6-11(7-5-9)21-15(23)13-14(16(21)24)22(20-19-13)12-3-1-2-10(18)8-12/h1-8,13-14H/t13-,14-/m0/s1. The van der Waals surface area contributed by atoms with Crippen LogP contribution in [-0.2, 0) is 9.59 Å². The van der Waals surface area contributed by atoms with E-state index in [4.69, 9.17) is 0 Å². The van der Waals surface area contributed by atoms with Gasteiger partial charge in [0.25, 0.3) is 11.8 Å². The highest BCUT2D eigenvalue weighted by Crippen LogP contribution is 2.34. The SMILES string of the molecule is O=C1[C@H]2N=NN(c3cccc(F)c3)[C@@H]2C(=O)N1c1ccc(F)cc1. The average Bonchev–Trinajstić information content (AvgIpc) is 3.10. The van der Waals surface area contributed by atoms with Gasteiger partial charge in [0.2, 0.25) is 0 Å². The largest absolute Gasteiger partial charge is 0.271 e. The molecule has 0 bridgehead atoms. The molecule has 0 unspecified atom stereocenters. The van der Waals surface area contributed by atoms with Crippen LogP contribution in [0.1, 0.15) is 0 Å². The number of hydrogen-bond acceptors (Lipinski definition) is 5. The molecule has 2 atom stereocenters. The highest BCUT2D eigenvalue weighted by molar-refractivity contribution is 6.26. The monoisotopic (exact) mass is 328 g/mol. The van der Waals surface area contributed by atoms with Gasteiger partial charge in [-0.2, -0.15) is 5.11 Å². The molecule has 1 saturated heterocycles. The summed E-state index contributed by atoms with van der Waals surface area (Å²) in [4.78, 5) is 26.1. The maximum absolute atomic E-state index is 13.4. The molecule has 2 aliphatic heterocycles. The highest BCUT2D eigenvalue weighted by atomic mass is 19.1. The van der Waals surface area contributed by atoms with Crippen LogP contribution < -0.4 is 9.91 Å². The summed E-state index contributed by atoms with van der Waals surface area (Å²) in [5.74, 6) is -2.04. The van der Waals surface area contributed by atoms with Crippen LogP contribution in [-0.4, -0.2) is 23.9 Å². The van der Waals surface area contributed by atoms with E-state index >= 15 is 0 Å². The number of amides is 2. The molecule has 4 rings (SSSR count). The Hall–Kier alpha value is -3.16. The van der Waals surface area contributed by atoms with Gasteiger partial charge in [0.1, 0.15) is 11.6 Å². The first kappa shape index (κ1) is 14.4. The van der Waals surface area contributed by atoms with Crippen molar-refractivity contribution in [3.63, 3.8) is 0 Å². The molecule has 0 aromatic heterocycles. The van der Waals surface area contributed by atoms with Gasteiger partial charge in [0.15, 0.2) is 12.1 Å². The second-order valence-electron chi connectivity index (χ2n) is 5.41. The van der Waals surface area contributed by atoms with Gasteiger partial charge in [0.05, 0.1) is 11.4 Å². The maximum atomic E-state index is 13.4. The lowest BCUT2D eigenvalue weighted by atomic mass is 10.1. The fourth-order valence-electron chi connectivity index (χ4n) is 2.84. The molecule has 0 aliphatic carbocycles. The van der Waals surface area contributed by atoms with Crippen LogP contribution in [0.15, 0.2) is 58.9 Å². The molecule has 8 heteroatoms. The number of benzene rings is 2. The molecule has 2 aromatic rings. The number of halogens is 2. The van der Waals surface area contributed by atoms with Gasteiger partial charge in [-0.15, -0.1) is 0 Å². The molecule has 120 valence electrons. The predicted molar refractivity (Wildman–Crippen MR) is 80.2 cm³/mol. The molecule has 2 aliphatic rings. The van der Waals surface area contributed by atoms with E-state index in [1.165, 1.54) is 35.3 Å². The quantitative estimate of drug-likeness (QED) is 0.796. The summed E-state index contributed by atoms with van der Waals surface area (Å²) in [5.41, 5.74) is 0.587. The minimum Gasteiger partial charge on any atom is -0.271 e. The number of imide groups is 1. The van der Waals surface area contributed by atoms with Crippen LogP contribution in [0.25, 0.3) is 0 Å². The molecule has 1 fully saturated rings. The van der Waals surface area contributed by atoms with E-state index in [-0.39, 0.29) is 5.69 Å². The van der Waals surface area contributed by atoms with Crippen molar-refractivity contribution >= 4 is 23.2 Å². The number of rotatable bonds is 2. The Morgan fingerprint density at radius 3 is 2.33 bits per heavy atom. The number of hydrogen-bond donors (Lipinski definition) is 0. The molecule has 2 amide bonds. The lowest BCUT2D eigenvalue weighted by Crippen LogP contribution is -2.39. The zero-order chi connectivity index (χ0) is 16.8. The summed E-state index contributed by atoms with van der Waals surface area (Å²) >= 11 is 0. The lowest BCUT2D eigenvalue weighted by Gasteiger charge is -2.20. The topological polar surface area (TPSA) is 65.3 Å². The number of nitrogens with zero attached hydrogens (tertiary/aromatic N) is 4. The minimum atomic E-state index is -0.995. The third-order valence-electron chi connectivity index (χ3n) is 3.94. The van der Waals surface area contributed by atoms with Crippen LogP contribution in [0.4, 0.5) is 20.2 Å². The van der Waals surface area contributed by atoms with E-state index in [2.05, 4.69) is 10.3 Å². The van der Waals surface area contributed by atoms with Crippen LogP contribution in [0.3, 0.4) is 0 Å². The van der Waals surface area contributed by atoms with Crippen molar-refractivity contribution in [3.05, 3.63) is 60.2 Å². The second kappa shape index (κ2) is 5.19. The lowest BCUT2D eigenvalue weighted by molar-refractivity contribution is -0.121. The first-order valence-corrected chi connectivity index (χ1v) is 7.15. The van der Waals surface area contributed by atoms with Gasteiger partial charge in [0, 0.05) is 0 Å². The van der Waals surface area contributed by atoms with Crippen molar-refractivity contribution in [3.8, 4) is 0 Å². The molecule has 0 radical (unpaired) electrons. The Labute approximate surface area is 135 Å². The highest BCUT2D eigenvalue weighted by Gasteiger charge is 2.55. The van der Waals surface area contributed by atoms with Crippen molar-refractivity contribution in [2.45, 2.75) is 12.1 Å². The van der Waals surface area contributed by atoms with Crippen molar-refractivity contribution < 1.29 is 18.4 Å². The minimum absolute atomic E-state index is 0.259. The first-order chi connectivity index (χ1) is 11.6. The fourth-order valence-corrected chi connectivity index (χ4v) is 2.84. The molecule has 2 aromatic carbocycles. The summed E-state index contributed by atoms with van der Waals surface area (Å²) in [5, 5.41) is 8.92. The summed E-state index contributed by atoms with van der Waals surface area (Å²) < 4.78 is 26.5. The second-order valence-corrected chi connectivity index (χ2v) is 5.41. The van der Waals surface area contributed by atoms with Gasteiger partial charge in [-0.05, 0) is 42.5 Å². The summed E-state index contributed by atoms with van der Waals surface area (Å²) in [6, 6.07) is 8.57. The average molecular weight is 328 g/mol. The molecular formula is C16H10F2N4O2. The zero-order valence-corrected chi connectivity index (χ0v) is 12.1. The van der Waals surface area contributed by atoms with Gasteiger partial charge in [-0.3, -0.25) is 9.59 Å². The molecule has 0 spiro atoms. The third kappa shape index (κ3) is 2.07. The number of fused-ring (bicyclic) bond motifs is 1. The van der Waals surface area contributed by atoms with E-state index in [1.54, 1.807) is 6.07 Å². The number of carbonyl (C=O) groups excluding carboxylic acids is 2. The summed E-state index contributed by atoms with van der Waals surface area (Å²) in [6.07, 6.45) is 0. The number of anilines is 2. The molecule has 0 saturated carbocycles. The van der Waals surface area contributed by atoms with E-state index in [1.807, 2.05) is 0 Å². The molecule has 0 N–H and O–H groups in total. The predicted octanol–water partition coefficient (Wildman–Crippen LogP) is 2.46. The van der Waals surface area contributed by atoms with E-state index in [0.29, 0.717) is 5.69 Å². The molecular weight excluding hydrogens is 318 g/mol. The molecule has 2 heterocycles. The molecule has 6 nitrogen and oxygen atoms in total. The van der Waals surface area contributed by atoms with Crippen molar-refractivity contribution in [2.24, 2.45) is 10.3 Å². The fraction of sp³-hybridized carbons (Fsp3) is 0.125. The van der Waals surface area contributed by atoms with Gasteiger partial charge in [-0.1, -0.05) is 11.3 Å². The van der Waals surface area contributed by atoms with Crippen LogP contribution in [0, 0.1) is 11.6 Å². The Morgan fingerprint density at radius 1 is 0.875 bits per heavy atom. The normalized spacial score (nSPS) is 22.4. The zero-order valence-electron chi connectivity index (χ0n) is 12.1. The summed E-state index contributed by atoms with van der Waals surface area (Å²) in [6.45, 7) is 0. The Balaban J connectivity index is 1.70. The van der Waals surface area contributed by atoms with E-state index in [0.717, 1.165) is 17.0 Å². The van der Waals surface area contributed by atoms with Crippen molar-refractivity contribution in [1.29, 1.82) is 0 Å².